The molecular formula is C25H33ClN2O3. The standard InChI is InChI=1S/C25H32N2O3.ClH/c1-26(17-21-14-20-6-4-5-7-22(20)21)11-10-25(28)27-12-8-18-15-23(29-2)24(30-3)16-19(18)9-13-27;/h4-7,15-16,21H,8-14,17H2,1-3H3;1H. The fraction of sp³-hybridized carbons (Fsp3) is 0.480. The molecule has 6 heteroatoms. The van der Waals surface area contributed by atoms with Crippen molar-refractivity contribution in [3.63, 3.8) is 0 Å². The minimum atomic E-state index is 0. The number of likely N-dealkylation sites (N-methyl/N-ethyl adjacent to an activating group) is 1. The summed E-state index contributed by atoms with van der Waals surface area (Å²) in [5, 5.41) is 0. The normalized spacial score (nSPS) is 17.0. The lowest BCUT2D eigenvalue weighted by atomic mass is 9.77. The molecule has 2 aromatic rings. The largest absolute Gasteiger partial charge is 0.493 e. The van der Waals surface area contributed by atoms with E-state index < -0.39 is 0 Å². The Morgan fingerprint density at radius 3 is 2.23 bits per heavy atom. The van der Waals surface area contributed by atoms with Gasteiger partial charge >= 0.3 is 0 Å². The van der Waals surface area contributed by atoms with Gasteiger partial charge in [-0.15, -0.1) is 12.4 Å². The van der Waals surface area contributed by atoms with Gasteiger partial charge < -0.3 is 19.3 Å². The first-order chi connectivity index (χ1) is 14.6. The van der Waals surface area contributed by atoms with E-state index in [-0.39, 0.29) is 18.3 Å². The quantitative estimate of drug-likeness (QED) is 0.652. The number of rotatable bonds is 7. The predicted octanol–water partition coefficient (Wildman–Crippen LogP) is 3.71. The van der Waals surface area contributed by atoms with Crippen molar-refractivity contribution < 1.29 is 14.3 Å². The van der Waals surface area contributed by atoms with Gasteiger partial charge in [-0.1, -0.05) is 24.3 Å². The van der Waals surface area contributed by atoms with Crippen molar-refractivity contribution in [3.8, 4) is 11.5 Å². The van der Waals surface area contributed by atoms with Gasteiger partial charge in [0.05, 0.1) is 14.2 Å². The number of nitrogens with zero attached hydrogens (tertiary/aromatic N) is 2. The maximum absolute atomic E-state index is 12.9. The maximum atomic E-state index is 12.9. The summed E-state index contributed by atoms with van der Waals surface area (Å²) in [7, 11) is 5.45. The van der Waals surface area contributed by atoms with Crippen LogP contribution in [0.4, 0.5) is 0 Å². The first kappa shape index (κ1) is 23.4. The Morgan fingerprint density at radius 2 is 1.65 bits per heavy atom. The van der Waals surface area contributed by atoms with Crippen LogP contribution in [0.2, 0.25) is 0 Å². The van der Waals surface area contributed by atoms with E-state index in [9.17, 15) is 4.79 Å². The van der Waals surface area contributed by atoms with Crippen molar-refractivity contribution in [2.45, 2.75) is 31.6 Å². The second-order valence-corrected chi connectivity index (χ2v) is 8.47. The third-order valence-electron chi connectivity index (χ3n) is 6.56. The predicted molar refractivity (Wildman–Crippen MR) is 126 cm³/mol. The van der Waals surface area contributed by atoms with Crippen LogP contribution in [0, 0.1) is 0 Å². The third kappa shape index (κ3) is 5.16. The van der Waals surface area contributed by atoms with Crippen LogP contribution in [0.1, 0.15) is 34.6 Å². The molecule has 0 fully saturated rings. The van der Waals surface area contributed by atoms with Crippen LogP contribution in [0.15, 0.2) is 36.4 Å². The molecule has 1 unspecified atom stereocenters. The molecule has 1 heterocycles. The molecular weight excluding hydrogens is 412 g/mol. The SMILES string of the molecule is COc1cc2c(cc1OC)CCN(C(=O)CCN(C)CC1Cc3ccccc31)CC2.Cl. The fourth-order valence-electron chi connectivity index (χ4n) is 4.74. The molecule has 0 aromatic heterocycles. The zero-order valence-corrected chi connectivity index (χ0v) is 19.5. The highest BCUT2D eigenvalue weighted by Crippen LogP contribution is 2.35. The van der Waals surface area contributed by atoms with Crippen molar-refractivity contribution in [1.29, 1.82) is 0 Å². The molecule has 0 spiro atoms. The zero-order valence-electron chi connectivity index (χ0n) is 18.7. The van der Waals surface area contributed by atoms with E-state index in [0.29, 0.717) is 12.3 Å². The van der Waals surface area contributed by atoms with Gasteiger partial charge in [0, 0.05) is 38.5 Å². The molecule has 2 aliphatic rings. The Morgan fingerprint density at radius 1 is 1.03 bits per heavy atom. The summed E-state index contributed by atoms with van der Waals surface area (Å²) in [4.78, 5) is 17.2. The summed E-state index contributed by atoms with van der Waals surface area (Å²) in [6, 6.07) is 12.8. The Bertz CT molecular complexity index is 883. The topological polar surface area (TPSA) is 42.0 Å². The highest BCUT2D eigenvalue weighted by molar-refractivity contribution is 5.85. The summed E-state index contributed by atoms with van der Waals surface area (Å²) in [5.74, 6) is 2.38. The number of amides is 1. The minimum Gasteiger partial charge on any atom is -0.493 e. The van der Waals surface area contributed by atoms with Crippen LogP contribution in [-0.2, 0) is 24.1 Å². The van der Waals surface area contributed by atoms with Gasteiger partial charge in [-0.05, 0) is 60.7 Å². The van der Waals surface area contributed by atoms with Crippen LogP contribution < -0.4 is 9.47 Å². The lowest BCUT2D eigenvalue weighted by Gasteiger charge is -2.33. The third-order valence-corrected chi connectivity index (χ3v) is 6.56. The van der Waals surface area contributed by atoms with Crippen LogP contribution >= 0.6 is 12.4 Å². The van der Waals surface area contributed by atoms with Gasteiger partial charge in [-0.2, -0.15) is 0 Å². The van der Waals surface area contributed by atoms with Crippen LogP contribution in [0.5, 0.6) is 11.5 Å². The van der Waals surface area contributed by atoms with Gasteiger partial charge in [-0.3, -0.25) is 4.79 Å². The smallest absolute Gasteiger partial charge is 0.223 e. The molecule has 31 heavy (non-hydrogen) atoms. The first-order valence-corrected chi connectivity index (χ1v) is 10.9. The number of hydrogen-bond donors (Lipinski definition) is 0. The van der Waals surface area contributed by atoms with Crippen LogP contribution in [0.3, 0.4) is 0 Å². The summed E-state index contributed by atoms with van der Waals surface area (Å²) in [5.41, 5.74) is 5.46. The van der Waals surface area contributed by atoms with Crippen molar-refractivity contribution >= 4 is 18.3 Å². The van der Waals surface area contributed by atoms with Gasteiger partial charge in [-0.25, -0.2) is 0 Å². The number of fused-ring (bicyclic) bond motifs is 2. The molecule has 5 nitrogen and oxygen atoms in total. The second kappa shape index (κ2) is 10.4. The van der Waals surface area contributed by atoms with E-state index in [2.05, 4.69) is 48.3 Å². The van der Waals surface area contributed by atoms with E-state index in [1.165, 1.54) is 22.3 Å². The number of carbonyl (C=O) groups is 1. The van der Waals surface area contributed by atoms with Gasteiger partial charge in [0.25, 0.3) is 0 Å². The molecule has 1 atom stereocenters. The number of carbonyl (C=O) groups excluding carboxylic acids is 1. The number of methoxy groups -OCH3 is 2. The van der Waals surface area contributed by atoms with E-state index in [0.717, 1.165) is 56.9 Å². The number of hydrogen-bond acceptors (Lipinski definition) is 4. The summed E-state index contributed by atoms with van der Waals surface area (Å²) in [6.45, 7) is 3.36. The summed E-state index contributed by atoms with van der Waals surface area (Å²) >= 11 is 0. The Balaban J connectivity index is 0.00000272. The Kier molecular flexibility index (Phi) is 7.84. The first-order valence-electron chi connectivity index (χ1n) is 10.9. The Hall–Kier alpha value is -2.24. The molecule has 1 aliphatic carbocycles. The highest BCUT2D eigenvalue weighted by Gasteiger charge is 2.27. The number of halogens is 1. The number of benzene rings is 2. The molecule has 1 aliphatic heterocycles. The van der Waals surface area contributed by atoms with Gasteiger partial charge in [0.15, 0.2) is 11.5 Å². The lowest BCUT2D eigenvalue weighted by Crippen LogP contribution is -2.37. The maximum Gasteiger partial charge on any atom is 0.223 e. The monoisotopic (exact) mass is 444 g/mol. The highest BCUT2D eigenvalue weighted by atomic mass is 35.5. The molecule has 2 aromatic carbocycles. The second-order valence-electron chi connectivity index (χ2n) is 8.47. The fourth-order valence-corrected chi connectivity index (χ4v) is 4.74. The van der Waals surface area contributed by atoms with E-state index >= 15 is 0 Å². The van der Waals surface area contributed by atoms with E-state index in [4.69, 9.17) is 9.47 Å². The summed E-state index contributed by atoms with van der Waals surface area (Å²) in [6.07, 6.45) is 3.45. The molecule has 0 bridgehead atoms. The molecule has 1 amide bonds. The van der Waals surface area contributed by atoms with Gasteiger partial charge in [0.2, 0.25) is 5.91 Å². The molecule has 0 N–H and O–H groups in total. The molecule has 168 valence electrons. The van der Waals surface area contributed by atoms with E-state index in [1.54, 1.807) is 14.2 Å². The molecule has 4 rings (SSSR count). The van der Waals surface area contributed by atoms with Crippen LogP contribution in [-0.4, -0.2) is 63.2 Å². The van der Waals surface area contributed by atoms with E-state index in [1.807, 2.05) is 4.90 Å². The summed E-state index contributed by atoms with van der Waals surface area (Å²) < 4.78 is 10.9. The lowest BCUT2D eigenvalue weighted by molar-refractivity contribution is -0.131. The minimum absolute atomic E-state index is 0. The van der Waals surface area contributed by atoms with Crippen molar-refractivity contribution in [2.75, 3.05) is 47.4 Å². The molecule has 0 radical (unpaired) electrons. The molecule has 0 saturated heterocycles. The Labute approximate surface area is 191 Å². The number of ether oxygens (including phenoxy) is 2. The van der Waals surface area contributed by atoms with Crippen molar-refractivity contribution in [3.05, 3.63) is 58.7 Å². The van der Waals surface area contributed by atoms with Crippen molar-refractivity contribution in [1.82, 2.24) is 9.80 Å². The van der Waals surface area contributed by atoms with Gasteiger partial charge in [0.1, 0.15) is 0 Å². The molecule has 0 saturated carbocycles. The average Bonchev–Trinajstić information content (AvgIpc) is 2.96. The van der Waals surface area contributed by atoms with Crippen molar-refractivity contribution in [2.24, 2.45) is 0 Å². The zero-order chi connectivity index (χ0) is 21.1. The van der Waals surface area contributed by atoms with Crippen LogP contribution in [0.25, 0.3) is 0 Å². The average molecular weight is 445 g/mol.